The Morgan fingerprint density at radius 3 is 2.62 bits per heavy atom. The van der Waals surface area contributed by atoms with Crippen LogP contribution in [0.2, 0.25) is 0 Å². The summed E-state index contributed by atoms with van der Waals surface area (Å²) in [6.45, 7) is 3.17. The van der Waals surface area contributed by atoms with Crippen LogP contribution in [0.4, 0.5) is 13.2 Å². The summed E-state index contributed by atoms with van der Waals surface area (Å²) in [6.07, 6.45) is -3.33. The van der Waals surface area contributed by atoms with Gasteiger partial charge in [-0.15, -0.1) is 0 Å². The Morgan fingerprint density at radius 1 is 1.31 bits per heavy atom. The Morgan fingerprint density at radius 2 is 2.06 bits per heavy atom. The van der Waals surface area contributed by atoms with Crippen molar-refractivity contribution in [2.45, 2.75) is 25.4 Å². The zero-order valence-corrected chi connectivity index (χ0v) is 9.06. The molecule has 0 aromatic heterocycles. The van der Waals surface area contributed by atoms with Gasteiger partial charge in [0.15, 0.2) is 0 Å². The van der Waals surface area contributed by atoms with Gasteiger partial charge in [0.1, 0.15) is 0 Å². The van der Waals surface area contributed by atoms with Crippen molar-refractivity contribution >= 4 is 0 Å². The largest absolute Gasteiger partial charge is 0.416 e. The second kappa shape index (κ2) is 4.09. The van der Waals surface area contributed by atoms with E-state index in [2.05, 4.69) is 5.32 Å². The number of alkyl halides is 3. The molecule has 1 aliphatic heterocycles. The summed E-state index contributed by atoms with van der Waals surface area (Å²) >= 11 is 0. The molecule has 1 N–H and O–H groups in total. The molecule has 2 rings (SSSR count). The van der Waals surface area contributed by atoms with Gasteiger partial charge in [0.25, 0.3) is 0 Å². The van der Waals surface area contributed by atoms with Crippen molar-refractivity contribution in [2.24, 2.45) is 0 Å². The lowest BCUT2D eigenvalue weighted by Crippen LogP contribution is -2.11. The van der Waals surface area contributed by atoms with Crippen molar-refractivity contribution in [2.75, 3.05) is 13.1 Å². The molecule has 0 saturated carbocycles. The molecule has 1 aliphatic rings. The second-order valence-corrected chi connectivity index (χ2v) is 4.26. The van der Waals surface area contributed by atoms with Crippen LogP contribution < -0.4 is 5.32 Å². The zero-order valence-electron chi connectivity index (χ0n) is 9.06. The third kappa shape index (κ3) is 2.21. The summed E-state index contributed by atoms with van der Waals surface area (Å²) in [5, 5.41) is 3.16. The SMILES string of the molecule is Cc1ccc(C2CCNC2)cc1C(F)(F)F. The van der Waals surface area contributed by atoms with E-state index in [1.807, 2.05) is 6.07 Å². The standard InChI is InChI=1S/C12H14F3N/c1-8-2-3-9(10-4-5-16-7-10)6-11(8)12(13,14)15/h2-3,6,10,16H,4-5,7H2,1H3. The van der Waals surface area contributed by atoms with E-state index in [4.69, 9.17) is 0 Å². The summed E-state index contributed by atoms with van der Waals surface area (Å²) in [4.78, 5) is 0. The third-order valence-corrected chi connectivity index (χ3v) is 3.10. The topological polar surface area (TPSA) is 12.0 Å². The smallest absolute Gasteiger partial charge is 0.316 e. The maximum atomic E-state index is 12.7. The molecule has 0 aliphatic carbocycles. The first-order valence-corrected chi connectivity index (χ1v) is 5.37. The van der Waals surface area contributed by atoms with Gasteiger partial charge in [-0.3, -0.25) is 0 Å². The molecular formula is C12H14F3N. The number of rotatable bonds is 1. The van der Waals surface area contributed by atoms with Gasteiger partial charge >= 0.3 is 6.18 Å². The molecule has 0 amide bonds. The molecule has 1 atom stereocenters. The van der Waals surface area contributed by atoms with Gasteiger partial charge in [0, 0.05) is 6.54 Å². The summed E-state index contributed by atoms with van der Waals surface area (Å²) < 4.78 is 38.1. The fourth-order valence-electron chi connectivity index (χ4n) is 2.14. The quantitative estimate of drug-likeness (QED) is 0.780. The Bertz CT molecular complexity index is 378. The summed E-state index contributed by atoms with van der Waals surface area (Å²) in [5.41, 5.74) is 0.585. The highest BCUT2D eigenvalue weighted by Gasteiger charge is 2.33. The molecule has 16 heavy (non-hydrogen) atoms. The maximum absolute atomic E-state index is 12.7. The molecule has 0 spiro atoms. The van der Waals surface area contributed by atoms with Crippen LogP contribution in [-0.2, 0) is 6.18 Å². The van der Waals surface area contributed by atoms with Crippen molar-refractivity contribution < 1.29 is 13.2 Å². The van der Waals surface area contributed by atoms with E-state index in [9.17, 15) is 13.2 Å². The van der Waals surface area contributed by atoms with E-state index in [-0.39, 0.29) is 5.92 Å². The first-order valence-electron chi connectivity index (χ1n) is 5.37. The van der Waals surface area contributed by atoms with Gasteiger partial charge in [-0.25, -0.2) is 0 Å². The number of aryl methyl sites for hydroxylation is 1. The highest BCUT2D eigenvalue weighted by molar-refractivity contribution is 5.35. The lowest BCUT2D eigenvalue weighted by atomic mass is 9.94. The Balaban J connectivity index is 2.35. The predicted octanol–water partition coefficient (Wildman–Crippen LogP) is 3.09. The van der Waals surface area contributed by atoms with Gasteiger partial charge in [0.05, 0.1) is 5.56 Å². The average Bonchev–Trinajstić information content (AvgIpc) is 2.69. The Labute approximate surface area is 92.7 Å². The average molecular weight is 229 g/mol. The van der Waals surface area contributed by atoms with Crippen LogP contribution in [0.1, 0.15) is 29.0 Å². The van der Waals surface area contributed by atoms with Crippen LogP contribution in [0.15, 0.2) is 18.2 Å². The lowest BCUT2D eigenvalue weighted by Gasteiger charge is -2.15. The maximum Gasteiger partial charge on any atom is 0.416 e. The van der Waals surface area contributed by atoms with Crippen molar-refractivity contribution in [1.82, 2.24) is 5.32 Å². The molecule has 1 nitrogen and oxygen atoms in total. The van der Waals surface area contributed by atoms with Crippen molar-refractivity contribution in [1.29, 1.82) is 0 Å². The molecule has 1 unspecified atom stereocenters. The molecule has 4 heteroatoms. The van der Waals surface area contributed by atoms with Gasteiger partial charge in [-0.05, 0) is 43.0 Å². The predicted molar refractivity (Wildman–Crippen MR) is 56.4 cm³/mol. The fraction of sp³-hybridized carbons (Fsp3) is 0.500. The minimum atomic E-state index is -4.24. The molecular weight excluding hydrogens is 215 g/mol. The molecule has 1 fully saturated rings. The minimum Gasteiger partial charge on any atom is -0.316 e. The molecule has 1 aromatic carbocycles. The van der Waals surface area contributed by atoms with Gasteiger partial charge in [-0.2, -0.15) is 13.2 Å². The number of halogens is 3. The number of hydrogen-bond acceptors (Lipinski definition) is 1. The first kappa shape index (κ1) is 11.5. The van der Waals surface area contributed by atoms with Crippen molar-refractivity contribution in [3.63, 3.8) is 0 Å². The monoisotopic (exact) mass is 229 g/mol. The van der Waals surface area contributed by atoms with E-state index in [1.165, 1.54) is 13.0 Å². The molecule has 1 saturated heterocycles. The fourth-order valence-corrected chi connectivity index (χ4v) is 2.14. The molecule has 0 radical (unpaired) electrons. The van der Waals surface area contributed by atoms with Crippen LogP contribution in [-0.4, -0.2) is 13.1 Å². The van der Waals surface area contributed by atoms with Gasteiger partial charge < -0.3 is 5.32 Å². The van der Waals surface area contributed by atoms with E-state index >= 15 is 0 Å². The van der Waals surface area contributed by atoms with E-state index in [0.717, 1.165) is 25.1 Å². The lowest BCUT2D eigenvalue weighted by molar-refractivity contribution is -0.138. The molecule has 88 valence electrons. The third-order valence-electron chi connectivity index (χ3n) is 3.10. The van der Waals surface area contributed by atoms with Crippen molar-refractivity contribution in [3.05, 3.63) is 34.9 Å². The van der Waals surface area contributed by atoms with Crippen LogP contribution in [0.3, 0.4) is 0 Å². The van der Waals surface area contributed by atoms with Crippen molar-refractivity contribution in [3.8, 4) is 0 Å². The van der Waals surface area contributed by atoms with E-state index in [1.54, 1.807) is 6.07 Å². The number of hydrogen-bond donors (Lipinski definition) is 1. The molecule has 1 aromatic rings. The zero-order chi connectivity index (χ0) is 11.8. The minimum absolute atomic E-state index is 0.224. The Hall–Kier alpha value is -1.03. The van der Waals surface area contributed by atoms with Crippen LogP contribution in [0, 0.1) is 6.92 Å². The summed E-state index contributed by atoms with van der Waals surface area (Å²) in [6, 6.07) is 4.67. The molecule has 0 bridgehead atoms. The van der Waals surface area contributed by atoms with Crippen LogP contribution >= 0.6 is 0 Å². The highest BCUT2D eigenvalue weighted by atomic mass is 19.4. The molecule has 1 heterocycles. The number of nitrogens with one attached hydrogen (secondary N) is 1. The van der Waals surface area contributed by atoms with Gasteiger partial charge in [-0.1, -0.05) is 12.1 Å². The van der Waals surface area contributed by atoms with Crippen LogP contribution in [0.5, 0.6) is 0 Å². The first-order chi connectivity index (χ1) is 7.48. The second-order valence-electron chi connectivity index (χ2n) is 4.26. The summed E-state index contributed by atoms with van der Waals surface area (Å²) in [5.74, 6) is 0.224. The normalized spacial score (nSPS) is 21.4. The van der Waals surface area contributed by atoms with Crippen LogP contribution in [0.25, 0.3) is 0 Å². The Kier molecular flexibility index (Phi) is 2.93. The highest BCUT2D eigenvalue weighted by Crippen LogP contribution is 2.34. The summed E-state index contributed by atoms with van der Waals surface area (Å²) in [7, 11) is 0. The van der Waals surface area contributed by atoms with Gasteiger partial charge in [0.2, 0.25) is 0 Å². The number of benzene rings is 1. The van der Waals surface area contributed by atoms with E-state index in [0.29, 0.717) is 5.56 Å². The van der Waals surface area contributed by atoms with E-state index < -0.39 is 11.7 Å².